The maximum absolute atomic E-state index is 11.5. The molecule has 0 atom stereocenters. The van der Waals surface area contributed by atoms with Gasteiger partial charge in [0.25, 0.3) is 0 Å². The first-order valence-corrected chi connectivity index (χ1v) is 6.72. The van der Waals surface area contributed by atoms with Crippen LogP contribution in [0.25, 0.3) is 6.08 Å². The van der Waals surface area contributed by atoms with Crippen molar-refractivity contribution in [2.75, 3.05) is 0 Å². The molecule has 1 aliphatic rings. The lowest BCUT2D eigenvalue weighted by molar-refractivity contribution is 0.00578. The summed E-state index contributed by atoms with van der Waals surface area (Å²) in [6, 6.07) is 1.80. The summed E-state index contributed by atoms with van der Waals surface area (Å²) in [5.74, 6) is 1.82. The van der Waals surface area contributed by atoms with Gasteiger partial charge < -0.3 is 9.31 Å². The number of pyridine rings is 1. The lowest BCUT2D eigenvalue weighted by atomic mass is 9.88. The molecule has 0 radical (unpaired) electrons. The third kappa shape index (κ3) is 2.84. The molecule has 0 bridgehead atoms. The molecule has 106 valence electrons. The molecule has 0 saturated carbocycles. The van der Waals surface area contributed by atoms with Crippen molar-refractivity contribution in [3.8, 4) is 0 Å². The van der Waals surface area contributed by atoms with E-state index in [-0.39, 0.29) is 17.0 Å². The summed E-state index contributed by atoms with van der Waals surface area (Å²) in [4.78, 5) is 15.5. The average Bonchev–Trinajstić information content (AvgIpc) is 2.55. The van der Waals surface area contributed by atoms with Gasteiger partial charge in [0.15, 0.2) is 5.78 Å². The van der Waals surface area contributed by atoms with E-state index in [4.69, 9.17) is 9.31 Å². The Balaban J connectivity index is 2.18. The Hall–Kier alpha value is -1.46. The number of carbonyl (C=O) groups excluding carboxylic acids is 1. The normalized spacial score (nSPS) is 20.6. The van der Waals surface area contributed by atoms with Crippen LogP contribution in [0.2, 0.25) is 0 Å². The minimum absolute atomic E-state index is 0.00771. The third-order valence-electron chi connectivity index (χ3n) is 3.94. The molecule has 0 aromatic carbocycles. The second-order valence-electron chi connectivity index (χ2n) is 6.00. The van der Waals surface area contributed by atoms with Crippen molar-refractivity contribution in [2.45, 2.75) is 45.8 Å². The largest absolute Gasteiger partial charge is 0.487 e. The molecule has 2 rings (SSSR count). The fourth-order valence-corrected chi connectivity index (χ4v) is 1.99. The first-order valence-electron chi connectivity index (χ1n) is 6.72. The molecule has 1 aliphatic heterocycles. The summed E-state index contributed by atoms with van der Waals surface area (Å²) >= 11 is 0. The first-order chi connectivity index (χ1) is 9.23. The Labute approximate surface area is 120 Å². The Morgan fingerprint density at radius 1 is 1.25 bits per heavy atom. The monoisotopic (exact) mass is 273 g/mol. The van der Waals surface area contributed by atoms with E-state index in [0.29, 0.717) is 5.56 Å². The highest BCUT2D eigenvalue weighted by atomic mass is 16.7. The van der Waals surface area contributed by atoms with E-state index in [1.807, 2.05) is 39.7 Å². The molecule has 5 heteroatoms. The Morgan fingerprint density at radius 3 is 2.40 bits per heavy atom. The van der Waals surface area contributed by atoms with Gasteiger partial charge in [0.05, 0.1) is 11.2 Å². The van der Waals surface area contributed by atoms with Crippen LogP contribution in [-0.2, 0) is 9.31 Å². The number of aromatic nitrogens is 1. The highest BCUT2D eigenvalue weighted by molar-refractivity contribution is 6.52. The van der Waals surface area contributed by atoms with Crippen LogP contribution in [0.4, 0.5) is 0 Å². The van der Waals surface area contributed by atoms with Gasteiger partial charge >= 0.3 is 7.12 Å². The number of hydrogen-bond donors (Lipinski definition) is 0. The zero-order chi connectivity index (χ0) is 15.0. The molecular weight excluding hydrogens is 253 g/mol. The minimum Gasteiger partial charge on any atom is -0.400 e. The van der Waals surface area contributed by atoms with E-state index in [0.717, 1.165) is 5.56 Å². The van der Waals surface area contributed by atoms with E-state index >= 15 is 0 Å². The van der Waals surface area contributed by atoms with Crippen LogP contribution >= 0.6 is 0 Å². The van der Waals surface area contributed by atoms with E-state index < -0.39 is 7.12 Å². The van der Waals surface area contributed by atoms with Gasteiger partial charge in [-0.1, -0.05) is 12.1 Å². The van der Waals surface area contributed by atoms with Crippen LogP contribution in [0, 0.1) is 0 Å². The molecule has 1 aromatic rings. The lowest BCUT2D eigenvalue weighted by Gasteiger charge is -2.32. The van der Waals surface area contributed by atoms with Gasteiger partial charge in [0, 0.05) is 18.0 Å². The van der Waals surface area contributed by atoms with Crippen molar-refractivity contribution in [3.63, 3.8) is 0 Å². The second kappa shape index (κ2) is 5.15. The van der Waals surface area contributed by atoms with E-state index in [9.17, 15) is 4.79 Å². The predicted octanol–water partition coefficient (Wildman–Crippen LogP) is 2.93. The molecule has 1 aromatic heterocycles. The van der Waals surface area contributed by atoms with Crippen molar-refractivity contribution in [1.82, 2.24) is 4.98 Å². The number of Topliss-reactive ketones (excluding diaryl/α,β-unsaturated/α-hetero) is 1. The second-order valence-corrected chi connectivity index (χ2v) is 6.00. The highest BCUT2D eigenvalue weighted by Crippen LogP contribution is 2.37. The smallest absolute Gasteiger partial charge is 0.400 e. The van der Waals surface area contributed by atoms with Gasteiger partial charge in [-0.15, -0.1) is 0 Å². The van der Waals surface area contributed by atoms with Crippen molar-refractivity contribution < 1.29 is 14.1 Å². The number of hydrogen-bond acceptors (Lipinski definition) is 4. The van der Waals surface area contributed by atoms with Crippen molar-refractivity contribution in [1.29, 1.82) is 0 Å². The summed E-state index contributed by atoms with van der Waals surface area (Å²) in [5.41, 5.74) is 0.704. The predicted molar refractivity (Wildman–Crippen MR) is 79.4 cm³/mol. The molecule has 0 N–H and O–H groups in total. The lowest BCUT2D eigenvalue weighted by Crippen LogP contribution is -2.41. The zero-order valence-electron chi connectivity index (χ0n) is 12.6. The standard InChI is InChI=1S/C15H20BNO3/c1-11(18)13-10-17-9-7-12(13)6-8-16-19-14(2,3)15(4,5)20-16/h6-10H,1-5H3/b8-6+. The van der Waals surface area contributed by atoms with Crippen molar-refractivity contribution in [2.24, 2.45) is 0 Å². The fourth-order valence-electron chi connectivity index (χ4n) is 1.99. The van der Waals surface area contributed by atoms with Gasteiger partial charge in [-0.25, -0.2) is 0 Å². The van der Waals surface area contributed by atoms with Crippen LogP contribution in [0.5, 0.6) is 0 Å². The van der Waals surface area contributed by atoms with Gasteiger partial charge in [0.2, 0.25) is 0 Å². The molecule has 0 unspecified atom stereocenters. The fraction of sp³-hybridized carbons (Fsp3) is 0.467. The van der Waals surface area contributed by atoms with E-state index in [2.05, 4.69) is 4.98 Å². The quantitative estimate of drug-likeness (QED) is 0.627. The van der Waals surface area contributed by atoms with Gasteiger partial charge in [-0.2, -0.15) is 0 Å². The van der Waals surface area contributed by atoms with Crippen molar-refractivity contribution in [3.05, 3.63) is 35.6 Å². The van der Waals surface area contributed by atoms with Gasteiger partial charge in [0.1, 0.15) is 0 Å². The Morgan fingerprint density at radius 2 is 1.85 bits per heavy atom. The maximum Gasteiger partial charge on any atom is 0.487 e. The molecule has 1 saturated heterocycles. The zero-order valence-corrected chi connectivity index (χ0v) is 12.6. The summed E-state index contributed by atoms with van der Waals surface area (Å²) in [5, 5.41) is 0. The van der Waals surface area contributed by atoms with Gasteiger partial charge in [-0.05, 0) is 46.2 Å². The van der Waals surface area contributed by atoms with E-state index in [1.165, 1.54) is 6.92 Å². The first kappa shape index (κ1) is 14.9. The summed E-state index contributed by atoms with van der Waals surface area (Å²) in [7, 11) is -0.409. The minimum atomic E-state index is -0.409. The van der Waals surface area contributed by atoms with Gasteiger partial charge in [-0.3, -0.25) is 9.78 Å². The third-order valence-corrected chi connectivity index (χ3v) is 3.94. The Bertz CT molecular complexity index is 536. The van der Waals surface area contributed by atoms with Crippen LogP contribution in [-0.4, -0.2) is 29.1 Å². The number of ketones is 1. The summed E-state index contributed by atoms with van der Waals surface area (Å²) in [6.45, 7) is 9.56. The average molecular weight is 273 g/mol. The van der Waals surface area contributed by atoms with Crippen molar-refractivity contribution >= 4 is 19.0 Å². The molecule has 0 spiro atoms. The number of carbonyl (C=O) groups is 1. The molecule has 20 heavy (non-hydrogen) atoms. The highest BCUT2D eigenvalue weighted by Gasteiger charge is 2.49. The SMILES string of the molecule is CC(=O)c1cnccc1/C=C/B1OC(C)(C)C(C)(C)O1. The molecule has 4 nitrogen and oxygen atoms in total. The Kier molecular flexibility index (Phi) is 3.85. The summed E-state index contributed by atoms with van der Waals surface area (Å²) < 4.78 is 11.8. The summed E-state index contributed by atoms with van der Waals surface area (Å²) in [6.07, 6.45) is 5.09. The molecule has 0 aliphatic carbocycles. The molecular formula is C15H20BNO3. The van der Waals surface area contributed by atoms with Crippen LogP contribution in [0.15, 0.2) is 24.4 Å². The van der Waals surface area contributed by atoms with Crippen LogP contribution < -0.4 is 0 Å². The van der Waals surface area contributed by atoms with Crippen LogP contribution in [0.1, 0.15) is 50.5 Å². The molecule has 0 amide bonds. The molecule has 1 fully saturated rings. The van der Waals surface area contributed by atoms with E-state index in [1.54, 1.807) is 18.5 Å². The topological polar surface area (TPSA) is 48.4 Å². The van der Waals surface area contributed by atoms with Crippen LogP contribution in [0.3, 0.4) is 0 Å². The number of nitrogens with zero attached hydrogens (tertiary/aromatic N) is 1. The molecule has 2 heterocycles. The number of rotatable bonds is 3. The maximum atomic E-state index is 11.5.